The van der Waals surface area contributed by atoms with Crippen LogP contribution in [0.5, 0.6) is 17.2 Å². The Balaban J connectivity index is 0.865. The number of carbonyl (C=O) groups excluding carboxylic acids is 3. The van der Waals surface area contributed by atoms with Gasteiger partial charge in [-0.05, 0) is 143 Å². The molecule has 12 rings (SSSR count). The molecule has 0 amide bonds. The quantitative estimate of drug-likeness (QED) is 0.0138. The normalized spacial score (nSPS) is 45.8. The highest BCUT2D eigenvalue weighted by Gasteiger charge is 2.74. The third-order valence-electron chi connectivity index (χ3n) is 28.1. The number of fused-ring (bicyclic) bond motifs is 7. The molecule has 121 heavy (non-hydrogen) atoms. The van der Waals surface area contributed by atoms with Crippen LogP contribution in [0.4, 0.5) is 0 Å². The standard InChI is InChI=1S/C81H120O40/c1-34-58(115-48(89)15-12-36-22-42(105-9)61(107-11)43(23-36)106-10)55(96)63(119-69-57(98)62(118-71-64(99)81(104,33-111-71)32-110-49(90)27-75(5,103)26-47(87)88)59(35(2)112-69)116-67-56(97)60(41(86)30-109-67)117-66-53(94)50(91)40(85)29-108-66)70(113-34)121-73(102)79-19-18-74(3,4)24-38(79)37-13-14-45-76(6)25-39(84)65(120-68-54(95)52(93)51(92)44(28-82)114-68)78(8,72(100)101)46(76)16-17-77(45,7)80(37,31-83)21-20-79/h12-13,15,22-23,34-35,38-41,44-46,50-60,62-71,82-86,91-99,103-104H,14,16-21,24-33H2,1-11H3,(H,87,88)(H,100,101). The van der Waals surface area contributed by atoms with Gasteiger partial charge in [0.1, 0.15) is 104 Å². The molecule has 6 heterocycles. The van der Waals surface area contributed by atoms with Crippen LogP contribution in [0.2, 0.25) is 0 Å². The lowest BCUT2D eigenvalue weighted by Gasteiger charge is -2.71. The number of aliphatic carboxylic acids is 2. The zero-order chi connectivity index (χ0) is 88.7. The first kappa shape index (κ1) is 94.5. The van der Waals surface area contributed by atoms with E-state index in [1.807, 2.05) is 26.8 Å². The average Bonchev–Trinajstić information content (AvgIpc) is 0.806. The molecule has 684 valence electrons. The van der Waals surface area contributed by atoms with Crippen molar-refractivity contribution in [2.24, 2.45) is 50.2 Å². The molecule has 11 aliphatic rings. The van der Waals surface area contributed by atoms with Crippen molar-refractivity contribution in [1.29, 1.82) is 0 Å². The van der Waals surface area contributed by atoms with Gasteiger partial charge in [-0.2, -0.15) is 0 Å². The van der Waals surface area contributed by atoms with Gasteiger partial charge in [0.25, 0.3) is 0 Å². The number of ether oxygens (including phenoxy) is 17. The highest BCUT2D eigenvalue weighted by atomic mass is 16.8. The van der Waals surface area contributed by atoms with E-state index in [2.05, 4.69) is 6.92 Å². The molecule has 5 aliphatic carbocycles. The van der Waals surface area contributed by atoms with Crippen LogP contribution in [0.25, 0.3) is 6.08 Å². The Bertz CT molecular complexity index is 3870. The second-order valence-corrected chi connectivity index (χ2v) is 36.4. The molecule has 1 aromatic rings. The smallest absolute Gasteiger partial charge is 0.331 e. The van der Waals surface area contributed by atoms with Crippen LogP contribution in [0, 0.1) is 50.2 Å². The third-order valence-corrected chi connectivity index (χ3v) is 28.1. The maximum absolute atomic E-state index is 16.3. The van der Waals surface area contributed by atoms with Crippen LogP contribution in [-0.4, -0.2) is 360 Å². The van der Waals surface area contributed by atoms with Crippen molar-refractivity contribution in [2.45, 2.75) is 303 Å². The van der Waals surface area contributed by atoms with Crippen molar-refractivity contribution >= 4 is 35.9 Å². The van der Waals surface area contributed by atoms with Gasteiger partial charge < -0.3 is 172 Å². The van der Waals surface area contributed by atoms with Gasteiger partial charge in [-0.15, -0.1) is 0 Å². The number of carbonyl (C=O) groups is 5. The Morgan fingerprint density at radius 1 is 0.587 bits per heavy atom. The van der Waals surface area contributed by atoms with Crippen LogP contribution < -0.4 is 14.2 Å². The molecule has 4 saturated carbocycles. The number of rotatable bonds is 27. The van der Waals surface area contributed by atoms with E-state index in [1.54, 1.807) is 0 Å². The molecule has 0 spiro atoms. The minimum Gasteiger partial charge on any atom is -0.493 e. The Labute approximate surface area is 696 Å². The maximum atomic E-state index is 16.3. The van der Waals surface area contributed by atoms with E-state index in [-0.39, 0.29) is 55.8 Å². The molecule has 37 unspecified atom stereocenters. The molecule has 6 saturated heterocycles. The molecule has 18 N–H and O–H groups in total. The van der Waals surface area contributed by atoms with Gasteiger partial charge in [0.15, 0.2) is 60.8 Å². The number of esters is 3. The molecule has 40 nitrogen and oxygen atoms in total. The first-order chi connectivity index (χ1) is 56.8. The SMILES string of the molecule is COc1cc(C=CC(=O)OC2C(C)OC(OC(=O)C34CCC(C)(C)CC3C3=CCC5C6(C)CC(O)C(OC7OC(CO)C(O)C(O)C7O)C(C)(C(=O)O)C6CCC5(C)C3(CO)CC4)C(OC3OC(C)C(OC4OCC(O)C(OC5OCC(O)C(O)C5O)C4O)C(OC4OCC(O)(COC(=O)CC(C)(O)CC(=O)O)C4O)C3O)C2O)cc(OC)c1OC. The summed E-state index contributed by atoms with van der Waals surface area (Å²) in [6.07, 6.45) is -45.1. The number of aliphatic hydroxyl groups is 16. The van der Waals surface area contributed by atoms with E-state index in [1.165, 1.54) is 60.3 Å². The van der Waals surface area contributed by atoms with Gasteiger partial charge in [0.05, 0.1) is 102 Å². The molecular formula is C81H120O40. The second-order valence-electron chi connectivity index (χ2n) is 36.4. The minimum absolute atomic E-state index is 0.0477. The summed E-state index contributed by atoms with van der Waals surface area (Å²) in [6, 6.07) is 3.07. The monoisotopic (exact) mass is 1730 g/mol. The summed E-state index contributed by atoms with van der Waals surface area (Å²) in [5.41, 5.74) is -10.4. The van der Waals surface area contributed by atoms with Crippen molar-refractivity contribution < 1.29 is 196 Å². The summed E-state index contributed by atoms with van der Waals surface area (Å²) in [5, 5.41) is 203. The summed E-state index contributed by atoms with van der Waals surface area (Å²) in [4.78, 5) is 69.0. The highest BCUT2D eigenvalue weighted by Crippen LogP contribution is 2.76. The summed E-state index contributed by atoms with van der Waals surface area (Å²) < 4.78 is 101. The van der Waals surface area contributed by atoms with Crippen LogP contribution >= 0.6 is 0 Å². The van der Waals surface area contributed by atoms with Crippen LogP contribution in [-0.2, 0) is 90.3 Å². The Morgan fingerprint density at radius 2 is 1.18 bits per heavy atom. The van der Waals surface area contributed by atoms with Crippen LogP contribution in [0.15, 0.2) is 29.9 Å². The van der Waals surface area contributed by atoms with Gasteiger partial charge in [-0.25, -0.2) is 4.79 Å². The molecule has 6 aliphatic heterocycles. The van der Waals surface area contributed by atoms with Gasteiger partial charge in [0.2, 0.25) is 12.0 Å². The van der Waals surface area contributed by atoms with Crippen LogP contribution in [0.3, 0.4) is 0 Å². The topological polar surface area (TPSA) is 606 Å². The lowest BCUT2D eigenvalue weighted by atomic mass is 9.33. The Kier molecular flexibility index (Phi) is 28.3. The number of allylic oxidation sites excluding steroid dienone is 1. The summed E-state index contributed by atoms with van der Waals surface area (Å²) in [5.74, 6) is -7.14. The predicted molar refractivity (Wildman–Crippen MR) is 402 cm³/mol. The van der Waals surface area contributed by atoms with E-state index >= 15 is 4.79 Å². The summed E-state index contributed by atoms with van der Waals surface area (Å²) >= 11 is 0. The van der Waals surface area contributed by atoms with E-state index in [9.17, 15) is 111 Å². The number of carboxylic acid groups (broad SMARTS) is 2. The predicted octanol–water partition coefficient (Wildman–Crippen LogP) is -2.95. The Hall–Kier alpha value is -5.63. The first-order valence-corrected chi connectivity index (χ1v) is 40.9. The largest absolute Gasteiger partial charge is 0.493 e. The van der Waals surface area contributed by atoms with Gasteiger partial charge >= 0.3 is 29.8 Å². The van der Waals surface area contributed by atoms with Crippen molar-refractivity contribution in [1.82, 2.24) is 0 Å². The molecule has 10 fully saturated rings. The fraction of sp³-hybridized carbons (Fsp3) is 0.815. The minimum atomic E-state index is -2.55. The maximum Gasteiger partial charge on any atom is 0.331 e. The number of aliphatic hydroxyl groups excluding tert-OH is 14. The molecular weight excluding hydrogens is 1610 g/mol. The molecule has 0 bridgehead atoms. The van der Waals surface area contributed by atoms with Crippen molar-refractivity contribution in [2.75, 3.05) is 61.0 Å². The zero-order valence-electron chi connectivity index (χ0n) is 69.3. The number of carboxylic acids is 2. The van der Waals surface area contributed by atoms with Gasteiger partial charge in [0, 0.05) is 11.5 Å². The molecule has 40 heteroatoms. The average molecular weight is 1730 g/mol. The zero-order valence-corrected chi connectivity index (χ0v) is 69.3. The lowest BCUT2D eigenvalue weighted by molar-refractivity contribution is -0.388. The highest BCUT2D eigenvalue weighted by molar-refractivity contribution is 5.87. The molecule has 37 atom stereocenters. The number of hydrogen-bond acceptors (Lipinski definition) is 38. The fourth-order valence-electron chi connectivity index (χ4n) is 21.4. The molecule has 1 aromatic carbocycles. The Morgan fingerprint density at radius 3 is 1.82 bits per heavy atom. The van der Waals surface area contributed by atoms with E-state index in [4.69, 9.17) is 80.5 Å². The third kappa shape index (κ3) is 17.6. The lowest BCUT2D eigenvalue weighted by Crippen LogP contribution is -2.71. The van der Waals surface area contributed by atoms with E-state index in [0.29, 0.717) is 24.8 Å². The molecule has 0 aromatic heterocycles. The number of hydrogen-bond donors (Lipinski definition) is 18. The number of benzene rings is 1. The van der Waals surface area contributed by atoms with Gasteiger partial charge in [-0.3, -0.25) is 19.2 Å². The fourth-order valence-corrected chi connectivity index (χ4v) is 21.4. The van der Waals surface area contributed by atoms with Crippen LogP contribution in [0.1, 0.15) is 132 Å². The molecule has 0 radical (unpaired) electrons. The van der Waals surface area contributed by atoms with Crippen molar-refractivity contribution in [3.05, 3.63) is 35.4 Å². The summed E-state index contributed by atoms with van der Waals surface area (Å²) in [6.45, 7) is 8.95. The van der Waals surface area contributed by atoms with E-state index in [0.717, 1.165) is 18.6 Å². The second kappa shape index (κ2) is 36.3. The van der Waals surface area contributed by atoms with Crippen molar-refractivity contribution in [3.63, 3.8) is 0 Å². The van der Waals surface area contributed by atoms with Gasteiger partial charge in [-0.1, -0.05) is 39.3 Å². The number of methoxy groups -OCH3 is 3. The first-order valence-electron chi connectivity index (χ1n) is 40.9. The van der Waals surface area contributed by atoms with Crippen molar-refractivity contribution in [3.8, 4) is 17.2 Å². The van der Waals surface area contributed by atoms with E-state index < -0.39 is 310 Å². The summed E-state index contributed by atoms with van der Waals surface area (Å²) in [7, 11) is 4.17.